The molecule has 43 heavy (non-hydrogen) atoms. The molecule has 2 N–H and O–H groups in total. The predicted molar refractivity (Wildman–Crippen MR) is 186 cm³/mol. The highest BCUT2D eigenvalue weighted by atomic mass is 16.4. The first-order valence-corrected chi connectivity index (χ1v) is 18.9. The first-order valence-electron chi connectivity index (χ1n) is 18.9. The molecule has 4 heteroatoms. The van der Waals surface area contributed by atoms with E-state index in [4.69, 9.17) is 10.2 Å². The van der Waals surface area contributed by atoms with Crippen molar-refractivity contribution in [3.05, 3.63) is 24.3 Å². The van der Waals surface area contributed by atoms with Gasteiger partial charge in [0.25, 0.3) is 0 Å². The van der Waals surface area contributed by atoms with Crippen LogP contribution in [0, 0.1) is 0 Å². The number of carboxylic acids is 2. The fourth-order valence-electron chi connectivity index (χ4n) is 5.78. The van der Waals surface area contributed by atoms with E-state index in [1.165, 1.54) is 173 Å². The molecular weight excluding hydrogens is 532 g/mol. The summed E-state index contributed by atoms with van der Waals surface area (Å²) in [5.41, 5.74) is 0. The lowest BCUT2D eigenvalue weighted by atomic mass is 10.0. The van der Waals surface area contributed by atoms with Gasteiger partial charge in [-0.3, -0.25) is 9.59 Å². The van der Waals surface area contributed by atoms with Crippen LogP contribution in [0.1, 0.15) is 212 Å². The minimum absolute atomic E-state index is 0.325. The van der Waals surface area contributed by atoms with E-state index in [1.807, 2.05) is 0 Å². The summed E-state index contributed by atoms with van der Waals surface area (Å²) in [6.45, 7) is 0. The van der Waals surface area contributed by atoms with Crippen LogP contribution in [0.25, 0.3) is 0 Å². The number of unbranched alkanes of at least 4 members (excludes halogenated alkanes) is 28. The Bertz CT molecular complexity index is 585. The molecule has 0 bridgehead atoms. The second-order valence-corrected chi connectivity index (χ2v) is 12.9. The highest BCUT2D eigenvalue weighted by Gasteiger charge is 1.98. The third-order valence-corrected chi connectivity index (χ3v) is 8.60. The lowest BCUT2D eigenvalue weighted by Crippen LogP contribution is -1.93. The Kier molecular flexibility index (Phi) is 35.3. The number of hydrogen-bond donors (Lipinski definition) is 2. The molecule has 0 aromatic carbocycles. The van der Waals surface area contributed by atoms with E-state index in [-0.39, 0.29) is 0 Å². The molecule has 0 amide bonds. The highest BCUT2D eigenvalue weighted by molar-refractivity contribution is 5.66. The third kappa shape index (κ3) is 40.4. The van der Waals surface area contributed by atoms with Gasteiger partial charge in [0.2, 0.25) is 0 Å². The van der Waals surface area contributed by atoms with Crippen molar-refractivity contribution >= 4 is 11.9 Å². The van der Waals surface area contributed by atoms with Crippen LogP contribution in [0.4, 0.5) is 0 Å². The molecule has 0 saturated heterocycles. The van der Waals surface area contributed by atoms with Crippen molar-refractivity contribution in [3.63, 3.8) is 0 Å². The van der Waals surface area contributed by atoms with E-state index in [0.29, 0.717) is 12.8 Å². The maximum absolute atomic E-state index is 10.5. The Morgan fingerprint density at radius 3 is 0.628 bits per heavy atom. The van der Waals surface area contributed by atoms with Crippen molar-refractivity contribution in [1.82, 2.24) is 0 Å². The predicted octanol–water partition coefficient (Wildman–Crippen LogP) is 13.1. The number of carbonyl (C=O) groups is 2. The molecule has 0 aliphatic heterocycles. The van der Waals surface area contributed by atoms with Crippen LogP contribution in [0.15, 0.2) is 24.3 Å². The van der Waals surface area contributed by atoms with Crippen molar-refractivity contribution in [2.24, 2.45) is 0 Å². The van der Waals surface area contributed by atoms with Gasteiger partial charge in [0.1, 0.15) is 0 Å². The third-order valence-electron chi connectivity index (χ3n) is 8.60. The summed E-state index contributed by atoms with van der Waals surface area (Å²) in [6.07, 6.45) is 50.0. The van der Waals surface area contributed by atoms with E-state index >= 15 is 0 Å². The summed E-state index contributed by atoms with van der Waals surface area (Å²) >= 11 is 0. The van der Waals surface area contributed by atoms with Gasteiger partial charge >= 0.3 is 11.9 Å². The Morgan fingerprint density at radius 2 is 0.442 bits per heavy atom. The molecule has 0 aliphatic rings. The summed E-state index contributed by atoms with van der Waals surface area (Å²) < 4.78 is 0. The largest absolute Gasteiger partial charge is 0.481 e. The molecule has 0 aromatic heterocycles. The topological polar surface area (TPSA) is 74.6 Å². The standard InChI is InChI=1S/C39H72O4/c40-38(41)36-34-32-30-28-26-24-22-20-18-16-14-12-10-8-6-4-2-1-3-5-7-9-11-13-15-17-19-21-23-25-27-29-31-33-35-37-39(42)43/h20-23H,1-19,24-37H2,(H,40,41)(H,42,43). The lowest BCUT2D eigenvalue weighted by molar-refractivity contribution is -0.138. The SMILES string of the molecule is O=C(O)CCCCCCCC=CCCCCCCCCCCCCCCCCCCCC=CCCCCCCCC(=O)O. The molecule has 0 atom stereocenters. The summed E-state index contributed by atoms with van der Waals surface area (Å²) in [5.74, 6) is -1.33. The fraction of sp³-hybridized carbons (Fsp3) is 0.846. The highest BCUT2D eigenvalue weighted by Crippen LogP contribution is 2.15. The maximum atomic E-state index is 10.5. The van der Waals surface area contributed by atoms with Gasteiger partial charge < -0.3 is 10.2 Å². The van der Waals surface area contributed by atoms with Crippen molar-refractivity contribution in [2.45, 2.75) is 212 Å². The molecule has 0 heterocycles. The minimum Gasteiger partial charge on any atom is -0.481 e. The van der Waals surface area contributed by atoms with Crippen molar-refractivity contribution in [3.8, 4) is 0 Å². The van der Waals surface area contributed by atoms with Crippen LogP contribution in [0.3, 0.4) is 0 Å². The van der Waals surface area contributed by atoms with Crippen LogP contribution in [0.2, 0.25) is 0 Å². The number of aliphatic carboxylic acids is 2. The van der Waals surface area contributed by atoms with Crippen LogP contribution < -0.4 is 0 Å². The monoisotopic (exact) mass is 605 g/mol. The van der Waals surface area contributed by atoms with Crippen LogP contribution in [-0.4, -0.2) is 22.2 Å². The Labute approximate surface area is 267 Å². The Morgan fingerprint density at radius 1 is 0.279 bits per heavy atom. The molecule has 0 unspecified atom stereocenters. The Hall–Kier alpha value is -1.58. The molecule has 0 saturated carbocycles. The zero-order chi connectivity index (χ0) is 31.3. The van der Waals surface area contributed by atoms with Crippen molar-refractivity contribution < 1.29 is 19.8 Å². The average molecular weight is 605 g/mol. The van der Waals surface area contributed by atoms with Gasteiger partial charge in [0.15, 0.2) is 0 Å². The summed E-state index contributed by atoms with van der Waals surface area (Å²) in [4.78, 5) is 20.9. The van der Waals surface area contributed by atoms with Gasteiger partial charge in [-0.25, -0.2) is 0 Å². The second-order valence-electron chi connectivity index (χ2n) is 12.9. The van der Waals surface area contributed by atoms with Gasteiger partial charge in [-0.2, -0.15) is 0 Å². The molecule has 0 rings (SSSR count). The molecule has 0 spiro atoms. The second kappa shape index (κ2) is 36.6. The number of rotatable bonds is 36. The fourth-order valence-corrected chi connectivity index (χ4v) is 5.78. The van der Waals surface area contributed by atoms with Gasteiger partial charge in [0.05, 0.1) is 0 Å². The summed E-state index contributed by atoms with van der Waals surface area (Å²) in [7, 11) is 0. The molecular formula is C39H72O4. The first kappa shape index (κ1) is 41.4. The molecule has 252 valence electrons. The summed E-state index contributed by atoms with van der Waals surface area (Å²) in [5, 5.41) is 17.3. The van der Waals surface area contributed by atoms with Gasteiger partial charge in [0, 0.05) is 12.8 Å². The van der Waals surface area contributed by atoms with E-state index < -0.39 is 11.9 Å². The zero-order valence-corrected chi connectivity index (χ0v) is 28.4. The first-order chi connectivity index (χ1) is 21.1. The number of hydrogen-bond acceptors (Lipinski definition) is 2. The normalized spacial score (nSPS) is 11.7. The lowest BCUT2D eigenvalue weighted by Gasteiger charge is -2.03. The smallest absolute Gasteiger partial charge is 0.303 e. The number of allylic oxidation sites excluding steroid dienone is 4. The molecule has 4 nitrogen and oxygen atoms in total. The van der Waals surface area contributed by atoms with Gasteiger partial charge in [-0.15, -0.1) is 0 Å². The maximum Gasteiger partial charge on any atom is 0.303 e. The quantitative estimate of drug-likeness (QED) is 0.0551. The zero-order valence-electron chi connectivity index (χ0n) is 28.4. The van der Waals surface area contributed by atoms with E-state index in [2.05, 4.69) is 24.3 Å². The van der Waals surface area contributed by atoms with Gasteiger partial charge in [-0.1, -0.05) is 159 Å². The van der Waals surface area contributed by atoms with E-state index in [0.717, 1.165) is 25.7 Å². The van der Waals surface area contributed by atoms with Crippen LogP contribution >= 0.6 is 0 Å². The van der Waals surface area contributed by atoms with Gasteiger partial charge in [-0.05, 0) is 64.2 Å². The Balaban J connectivity index is 3.13. The molecule has 0 fully saturated rings. The molecule has 0 aromatic rings. The summed E-state index contributed by atoms with van der Waals surface area (Å²) in [6, 6.07) is 0. The molecule has 0 radical (unpaired) electrons. The van der Waals surface area contributed by atoms with Crippen LogP contribution in [-0.2, 0) is 9.59 Å². The van der Waals surface area contributed by atoms with Crippen molar-refractivity contribution in [1.29, 1.82) is 0 Å². The van der Waals surface area contributed by atoms with E-state index in [1.54, 1.807) is 0 Å². The number of carboxylic acid groups (broad SMARTS) is 2. The minimum atomic E-state index is -0.665. The van der Waals surface area contributed by atoms with Crippen molar-refractivity contribution in [2.75, 3.05) is 0 Å². The average Bonchev–Trinajstić information content (AvgIpc) is 2.98. The van der Waals surface area contributed by atoms with Crippen LogP contribution in [0.5, 0.6) is 0 Å². The van der Waals surface area contributed by atoms with E-state index in [9.17, 15) is 9.59 Å². The molecule has 0 aliphatic carbocycles.